The van der Waals surface area contributed by atoms with Crippen LogP contribution in [0, 0.1) is 0 Å². The number of hydrogen-bond acceptors (Lipinski definition) is 4. The zero-order chi connectivity index (χ0) is 6.62. The molecule has 0 fully saturated rings. The first-order valence-corrected chi connectivity index (χ1v) is 3.15. The summed E-state index contributed by atoms with van der Waals surface area (Å²) >= 11 is 0. The molecule has 7 heteroatoms. The van der Waals surface area contributed by atoms with Crippen molar-refractivity contribution >= 4 is 59.3 Å². The molecule has 0 aliphatic carbocycles. The predicted molar refractivity (Wildman–Crippen MR) is 33.1 cm³/mol. The van der Waals surface area contributed by atoms with E-state index in [0.29, 0.717) is 0 Å². The maximum atomic E-state index is 9.61. The average molecular weight is 281 g/mol. The van der Waals surface area contributed by atoms with E-state index in [9.17, 15) is 8.42 Å². The molecule has 9 heavy (non-hydrogen) atoms. The average Bonchev–Trinajstić information content (AvgIpc) is 1.59. The van der Waals surface area contributed by atoms with Crippen molar-refractivity contribution in [2.75, 3.05) is 13.2 Å². The topological polar surface area (TPSA) is 83.8 Å². The Morgan fingerprint density at radius 2 is 1.89 bits per heavy atom. The zero-order valence-electron chi connectivity index (χ0n) is 3.94. The van der Waals surface area contributed by atoms with Gasteiger partial charge in [0, 0.05) is 0 Å². The van der Waals surface area contributed by atoms with E-state index in [2.05, 4.69) is 4.18 Å². The second-order valence-electron chi connectivity index (χ2n) is 0.973. The summed E-state index contributed by atoms with van der Waals surface area (Å²) in [6.07, 6.45) is 0. The first kappa shape index (κ1) is 13.0. The number of hydrogen-bond donors (Lipinski definition) is 2. The van der Waals surface area contributed by atoms with Gasteiger partial charge in [-0.25, -0.2) is 4.18 Å². The molecule has 0 spiro atoms. The van der Waals surface area contributed by atoms with Gasteiger partial charge in [0.15, 0.2) is 0 Å². The predicted octanol–water partition coefficient (Wildman–Crippen LogP) is -2.12. The van der Waals surface area contributed by atoms with Crippen molar-refractivity contribution in [1.29, 1.82) is 0 Å². The molecule has 0 saturated heterocycles. The molecule has 0 aliphatic rings. The molecule has 0 amide bonds. The molecular formula is C2H8BaO5S. The summed E-state index contributed by atoms with van der Waals surface area (Å²) in [6, 6.07) is 0. The van der Waals surface area contributed by atoms with Gasteiger partial charge in [0.2, 0.25) is 0 Å². The molecule has 0 atom stereocenters. The molecule has 0 radical (unpaired) electrons. The van der Waals surface area contributed by atoms with E-state index in [1.165, 1.54) is 0 Å². The van der Waals surface area contributed by atoms with Gasteiger partial charge in [-0.15, -0.1) is 0 Å². The van der Waals surface area contributed by atoms with E-state index < -0.39 is 23.6 Å². The molecule has 0 heterocycles. The normalized spacial score (nSPS) is 10.4. The van der Waals surface area contributed by atoms with E-state index in [0.717, 1.165) is 0 Å². The third kappa shape index (κ3) is 12.6. The van der Waals surface area contributed by atoms with Crippen molar-refractivity contribution < 1.29 is 22.3 Å². The standard InChI is InChI=1S/C2H6O5S.Ba.2H/c3-1-2-7-8(4,5)6;;;/h3H,1-2H2,(H,4,5,6);;;. The molecule has 0 aromatic carbocycles. The van der Waals surface area contributed by atoms with Crippen LogP contribution in [0.5, 0.6) is 0 Å². The van der Waals surface area contributed by atoms with Crippen molar-refractivity contribution in [3.63, 3.8) is 0 Å². The van der Waals surface area contributed by atoms with Gasteiger partial charge in [0.25, 0.3) is 0 Å². The van der Waals surface area contributed by atoms with E-state index in [4.69, 9.17) is 9.66 Å². The summed E-state index contributed by atoms with van der Waals surface area (Å²) in [7, 11) is -4.35. The van der Waals surface area contributed by atoms with Crippen LogP contribution in [0.15, 0.2) is 0 Å². The zero-order valence-corrected chi connectivity index (χ0v) is 4.76. The first-order valence-electron chi connectivity index (χ1n) is 1.79. The molecule has 2 N–H and O–H groups in total. The Bertz CT molecular complexity index is 139. The van der Waals surface area contributed by atoms with E-state index >= 15 is 0 Å². The first-order chi connectivity index (χ1) is 3.56. The van der Waals surface area contributed by atoms with E-state index in [-0.39, 0.29) is 48.9 Å². The molecule has 0 unspecified atom stereocenters. The van der Waals surface area contributed by atoms with Crippen LogP contribution < -0.4 is 0 Å². The Labute approximate surface area is 93.4 Å². The van der Waals surface area contributed by atoms with Crippen molar-refractivity contribution in [2.45, 2.75) is 0 Å². The molecule has 54 valence electrons. The van der Waals surface area contributed by atoms with Gasteiger partial charge in [-0.1, -0.05) is 0 Å². The van der Waals surface area contributed by atoms with Gasteiger partial charge in [-0.3, -0.25) is 4.55 Å². The number of rotatable bonds is 3. The molecule has 0 aliphatic heterocycles. The fraction of sp³-hybridized carbons (Fsp3) is 1.00. The van der Waals surface area contributed by atoms with Crippen molar-refractivity contribution in [2.24, 2.45) is 0 Å². The minimum absolute atomic E-state index is 0. The van der Waals surface area contributed by atoms with Crippen LogP contribution in [0.4, 0.5) is 0 Å². The monoisotopic (exact) mass is 282 g/mol. The van der Waals surface area contributed by atoms with Crippen LogP contribution in [0.3, 0.4) is 0 Å². The molecule has 0 rings (SSSR count). The van der Waals surface area contributed by atoms with Gasteiger partial charge < -0.3 is 5.11 Å². The summed E-state index contributed by atoms with van der Waals surface area (Å²) in [6.45, 7) is -0.835. The fourth-order valence-corrected chi connectivity index (χ4v) is 0.428. The van der Waals surface area contributed by atoms with Crippen molar-refractivity contribution in [1.82, 2.24) is 0 Å². The van der Waals surface area contributed by atoms with Gasteiger partial charge in [-0.05, 0) is 0 Å². The molecule has 0 aromatic heterocycles. The van der Waals surface area contributed by atoms with Crippen LogP contribution in [0.2, 0.25) is 0 Å². The van der Waals surface area contributed by atoms with Crippen molar-refractivity contribution in [3.8, 4) is 0 Å². The third-order valence-corrected chi connectivity index (χ3v) is 0.788. The summed E-state index contributed by atoms with van der Waals surface area (Å²) in [5.41, 5.74) is 0. The van der Waals surface area contributed by atoms with Crippen LogP contribution in [-0.2, 0) is 14.6 Å². The van der Waals surface area contributed by atoms with E-state index in [1.54, 1.807) is 0 Å². The Morgan fingerprint density at radius 1 is 1.44 bits per heavy atom. The van der Waals surface area contributed by atoms with Crippen LogP contribution in [-0.4, -0.2) is 80.2 Å². The SMILES string of the molecule is O=S(=O)(O)OCCO.[BaH2]. The Balaban J connectivity index is 0. The Morgan fingerprint density at radius 3 is 2.00 bits per heavy atom. The number of aliphatic hydroxyl groups excluding tert-OH is 1. The summed E-state index contributed by atoms with van der Waals surface area (Å²) < 4.78 is 30.7. The third-order valence-electron chi connectivity index (χ3n) is 0.324. The van der Waals surface area contributed by atoms with Gasteiger partial charge >= 0.3 is 59.3 Å². The maximum absolute atomic E-state index is 9.61. The summed E-state index contributed by atoms with van der Waals surface area (Å²) in [5.74, 6) is 0. The van der Waals surface area contributed by atoms with Crippen LogP contribution >= 0.6 is 0 Å². The second kappa shape index (κ2) is 6.13. The Kier molecular flexibility index (Phi) is 8.88. The van der Waals surface area contributed by atoms with Gasteiger partial charge in [-0.2, -0.15) is 8.42 Å². The van der Waals surface area contributed by atoms with Gasteiger partial charge in [0.1, 0.15) is 0 Å². The molecule has 5 nitrogen and oxygen atoms in total. The van der Waals surface area contributed by atoms with Crippen molar-refractivity contribution in [3.05, 3.63) is 0 Å². The second-order valence-corrected chi connectivity index (χ2v) is 2.06. The molecule has 0 saturated carbocycles. The summed E-state index contributed by atoms with van der Waals surface area (Å²) in [5, 5.41) is 7.93. The fourth-order valence-electron chi connectivity index (χ4n) is 0.143. The van der Waals surface area contributed by atoms with E-state index in [1.807, 2.05) is 0 Å². The molecule has 0 aromatic rings. The summed E-state index contributed by atoms with van der Waals surface area (Å²) in [4.78, 5) is 0. The molecule has 0 bridgehead atoms. The van der Waals surface area contributed by atoms with Crippen LogP contribution in [0.25, 0.3) is 0 Å². The molecular weight excluding hydrogens is 273 g/mol. The van der Waals surface area contributed by atoms with Crippen LogP contribution in [0.1, 0.15) is 0 Å². The quantitative estimate of drug-likeness (QED) is 0.457. The Hall–Kier alpha value is 1.40. The number of aliphatic hydroxyl groups is 1. The minimum atomic E-state index is -4.35. The van der Waals surface area contributed by atoms with Gasteiger partial charge in [0.05, 0.1) is 13.2 Å².